The summed E-state index contributed by atoms with van der Waals surface area (Å²) in [6.07, 6.45) is -3.47. The summed E-state index contributed by atoms with van der Waals surface area (Å²) in [6, 6.07) is 1.91. The van der Waals surface area contributed by atoms with Crippen LogP contribution >= 0.6 is 0 Å². The van der Waals surface area contributed by atoms with E-state index in [0.29, 0.717) is 25.4 Å². The van der Waals surface area contributed by atoms with Gasteiger partial charge in [0.25, 0.3) is 15.6 Å². The van der Waals surface area contributed by atoms with Gasteiger partial charge in [0.2, 0.25) is 0 Å². The molecule has 2 saturated heterocycles. The topological polar surface area (TPSA) is 104 Å². The molecule has 2 atom stereocenters. The van der Waals surface area contributed by atoms with Crippen molar-refractivity contribution in [1.82, 2.24) is 19.1 Å². The molecule has 4 heterocycles. The van der Waals surface area contributed by atoms with Crippen molar-refractivity contribution in [2.24, 2.45) is 7.05 Å². The number of pyridine rings is 1. The molecule has 0 aliphatic carbocycles. The van der Waals surface area contributed by atoms with E-state index in [1.807, 2.05) is 11.8 Å². The van der Waals surface area contributed by atoms with Crippen molar-refractivity contribution in [3.8, 4) is 0 Å². The van der Waals surface area contributed by atoms with Gasteiger partial charge in [-0.05, 0) is 13.0 Å². The molecule has 1 N–H and O–H groups in total. The number of H-pyrrole nitrogens is 1. The van der Waals surface area contributed by atoms with Gasteiger partial charge >= 0.3 is 6.18 Å². The van der Waals surface area contributed by atoms with E-state index in [1.54, 1.807) is 0 Å². The smallest absolute Gasteiger partial charge is 0.377 e. The first-order valence-corrected chi connectivity index (χ1v) is 11.8. The fraction of sp³-hybridized carbons (Fsp3) is 0.579. The van der Waals surface area contributed by atoms with Gasteiger partial charge in [-0.1, -0.05) is 0 Å². The molecule has 33 heavy (non-hydrogen) atoms. The summed E-state index contributed by atoms with van der Waals surface area (Å²) in [5, 5.41) is 3.62. The average Bonchev–Trinajstić information content (AvgIpc) is 3.19. The minimum absolute atomic E-state index is 0.00361. The van der Waals surface area contributed by atoms with Crippen molar-refractivity contribution in [2.45, 2.75) is 30.2 Å². The molecular weight excluding hydrogens is 465 g/mol. The number of sulfonamides is 1. The average molecular weight is 491 g/mol. The SMILES string of the molecule is C[C@@H]1COCCN1c1cc(N2CCN(S(=O)(=O)c3ccnn3C)CC2C(F)(F)F)[nH]c(=O)c1. The summed E-state index contributed by atoms with van der Waals surface area (Å²) >= 11 is 0. The number of aromatic nitrogens is 3. The van der Waals surface area contributed by atoms with E-state index in [4.69, 9.17) is 4.74 Å². The lowest BCUT2D eigenvalue weighted by molar-refractivity contribution is -0.153. The van der Waals surface area contributed by atoms with E-state index < -0.39 is 34.3 Å². The number of hydrogen-bond acceptors (Lipinski definition) is 7. The lowest BCUT2D eigenvalue weighted by Gasteiger charge is -2.42. The number of morpholine rings is 1. The Bertz CT molecular complexity index is 1160. The van der Waals surface area contributed by atoms with Crippen LogP contribution in [-0.4, -0.2) is 85.1 Å². The zero-order valence-corrected chi connectivity index (χ0v) is 18.9. The molecule has 0 spiro atoms. The second-order valence-corrected chi connectivity index (χ2v) is 10.00. The van der Waals surface area contributed by atoms with Crippen LogP contribution in [0.25, 0.3) is 0 Å². The maximum atomic E-state index is 14.1. The van der Waals surface area contributed by atoms with Crippen molar-refractivity contribution in [3.63, 3.8) is 0 Å². The fourth-order valence-electron chi connectivity index (χ4n) is 4.24. The van der Waals surface area contributed by atoms with Crippen LogP contribution in [0.2, 0.25) is 0 Å². The molecule has 2 aliphatic rings. The highest BCUT2D eigenvalue weighted by atomic mass is 32.2. The van der Waals surface area contributed by atoms with Gasteiger partial charge in [-0.25, -0.2) is 8.42 Å². The number of hydrogen-bond donors (Lipinski definition) is 1. The number of anilines is 2. The Labute approximate surface area is 188 Å². The maximum absolute atomic E-state index is 14.1. The Kier molecular flexibility index (Phi) is 6.18. The number of aromatic amines is 1. The highest BCUT2D eigenvalue weighted by Gasteiger charge is 2.49. The molecule has 0 amide bonds. The Morgan fingerprint density at radius 3 is 2.58 bits per heavy atom. The van der Waals surface area contributed by atoms with E-state index in [2.05, 4.69) is 10.1 Å². The molecule has 2 aromatic heterocycles. The van der Waals surface area contributed by atoms with Gasteiger partial charge < -0.3 is 19.5 Å². The van der Waals surface area contributed by atoms with Gasteiger partial charge in [-0.2, -0.15) is 22.6 Å². The third-order valence-electron chi connectivity index (χ3n) is 5.92. The second-order valence-electron chi connectivity index (χ2n) is 8.11. The van der Waals surface area contributed by atoms with Crippen LogP contribution in [0.15, 0.2) is 34.2 Å². The predicted molar refractivity (Wildman–Crippen MR) is 114 cm³/mol. The maximum Gasteiger partial charge on any atom is 0.410 e. The van der Waals surface area contributed by atoms with Crippen LogP contribution in [0.1, 0.15) is 6.92 Å². The Morgan fingerprint density at radius 2 is 1.94 bits per heavy atom. The first-order valence-electron chi connectivity index (χ1n) is 10.4. The Hall–Kier alpha value is -2.58. The molecule has 2 aliphatic heterocycles. The Morgan fingerprint density at radius 1 is 1.18 bits per heavy atom. The summed E-state index contributed by atoms with van der Waals surface area (Å²) in [7, 11) is -2.77. The molecule has 2 aromatic rings. The highest BCUT2D eigenvalue weighted by molar-refractivity contribution is 7.89. The predicted octanol–water partition coefficient (Wildman–Crippen LogP) is 0.775. The number of aryl methyl sites for hydroxylation is 1. The number of halogens is 3. The molecule has 0 aromatic carbocycles. The minimum Gasteiger partial charge on any atom is -0.377 e. The molecule has 0 saturated carbocycles. The highest BCUT2D eigenvalue weighted by Crippen LogP contribution is 2.33. The number of alkyl halides is 3. The zero-order valence-electron chi connectivity index (χ0n) is 18.1. The summed E-state index contributed by atoms with van der Waals surface area (Å²) in [5.74, 6) is -0.00361. The molecule has 0 radical (unpaired) electrons. The van der Waals surface area contributed by atoms with E-state index in [9.17, 15) is 26.4 Å². The molecule has 1 unspecified atom stereocenters. The van der Waals surface area contributed by atoms with Crippen molar-refractivity contribution in [3.05, 3.63) is 34.7 Å². The number of piperazine rings is 1. The summed E-state index contributed by atoms with van der Waals surface area (Å²) in [4.78, 5) is 17.8. The number of nitrogens with zero attached hydrogens (tertiary/aromatic N) is 5. The second kappa shape index (κ2) is 8.65. The fourth-order valence-corrected chi connectivity index (χ4v) is 5.78. The monoisotopic (exact) mass is 490 g/mol. The van der Waals surface area contributed by atoms with Crippen molar-refractivity contribution < 1.29 is 26.3 Å². The van der Waals surface area contributed by atoms with E-state index in [-0.39, 0.29) is 30.0 Å². The van der Waals surface area contributed by atoms with Gasteiger partial charge in [-0.3, -0.25) is 9.48 Å². The van der Waals surface area contributed by atoms with Gasteiger partial charge in [0, 0.05) is 57.1 Å². The van der Waals surface area contributed by atoms with Crippen LogP contribution < -0.4 is 15.4 Å². The van der Waals surface area contributed by atoms with Crippen molar-refractivity contribution >= 4 is 21.5 Å². The summed E-state index contributed by atoms with van der Waals surface area (Å²) in [5.41, 5.74) is -0.0394. The van der Waals surface area contributed by atoms with E-state index >= 15 is 0 Å². The normalized spacial score (nSPS) is 23.2. The van der Waals surface area contributed by atoms with Gasteiger partial charge in [-0.15, -0.1) is 0 Å². The molecule has 4 rings (SSSR count). The third kappa shape index (κ3) is 4.59. The number of nitrogens with one attached hydrogen (secondary N) is 1. The third-order valence-corrected chi connectivity index (χ3v) is 7.87. The van der Waals surface area contributed by atoms with E-state index in [0.717, 1.165) is 13.9 Å². The molecule has 2 fully saturated rings. The molecular formula is C19H25F3N6O4S. The largest absolute Gasteiger partial charge is 0.410 e. The van der Waals surface area contributed by atoms with Crippen LogP contribution in [0.5, 0.6) is 0 Å². The Balaban J connectivity index is 1.66. The molecule has 182 valence electrons. The standard InChI is InChI=1S/C19H25F3N6O4S/c1-13-12-32-8-7-27(13)14-9-16(24-17(29)10-14)28-6-5-26(11-15(28)19(20,21)22)33(30,31)18-3-4-23-25(18)2/h3-4,9-10,13,15H,5-8,11-12H2,1-2H3,(H,24,29)/t13-,15?/m1/s1. The quantitative estimate of drug-likeness (QED) is 0.676. The van der Waals surface area contributed by atoms with Gasteiger partial charge in [0.05, 0.1) is 19.4 Å². The van der Waals surface area contributed by atoms with Crippen LogP contribution in [0, 0.1) is 0 Å². The van der Waals surface area contributed by atoms with Crippen LogP contribution in [-0.2, 0) is 21.8 Å². The molecule has 14 heteroatoms. The molecule has 0 bridgehead atoms. The van der Waals surface area contributed by atoms with Crippen LogP contribution in [0.4, 0.5) is 24.7 Å². The van der Waals surface area contributed by atoms with Crippen molar-refractivity contribution in [2.75, 3.05) is 49.2 Å². The first-order chi connectivity index (χ1) is 15.5. The molecule has 10 nitrogen and oxygen atoms in total. The van der Waals surface area contributed by atoms with Crippen molar-refractivity contribution in [1.29, 1.82) is 0 Å². The lowest BCUT2D eigenvalue weighted by atomic mass is 10.1. The minimum atomic E-state index is -4.74. The van der Waals surface area contributed by atoms with E-state index in [1.165, 1.54) is 31.4 Å². The lowest BCUT2D eigenvalue weighted by Crippen LogP contribution is -2.60. The summed E-state index contributed by atoms with van der Waals surface area (Å²) in [6.45, 7) is 2.06. The van der Waals surface area contributed by atoms with Gasteiger partial charge in [0.15, 0.2) is 5.03 Å². The number of rotatable bonds is 4. The first kappa shape index (κ1) is 23.6. The summed E-state index contributed by atoms with van der Waals surface area (Å²) < 4.78 is 75.4. The van der Waals surface area contributed by atoms with Gasteiger partial charge in [0.1, 0.15) is 11.9 Å². The number of ether oxygens (including phenoxy) is 1. The van der Waals surface area contributed by atoms with Crippen LogP contribution in [0.3, 0.4) is 0 Å². The zero-order chi connectivity index (χ0) is 24.0.